The molecule has 1 fully saturated rings. The summed E-state index contributed by atoms with van der Waals surface area (Å²) >= 11 is 0. The summed E-state index contributed by atoms with van der Waals surface area (Å²) in [6.07, 6.45) is 0.877. The summed E-state index contributed by atoms with van der Waals surface area (Å²) in [6.45, 7) is 1.31. The fourth-order valence-corrected chi connectivity index (χ4v) is 3.02. The predicted molar refractivity (Wildman–Crippen MR) is 96.8 cm³/mol. The number of rotatable bonds is 5. The number of carbonyl (C=O) groups excluding carboxylic acids is 1. The van der Waals surface area contributed by atoms with Crippen LogP contribution in [0.4, 0.5) is 4.79 Å². The lowest BCUT2D eigenvalue weighted by atomic mass is 9.98. The van der Waals surface area contributed by atoms with Gasteiger partial charge in [0.15, 0.2) is 0 Å². The minimum atomic E-state index is -0.218. The van der Waals surface area contributed by atoms with Crippen LogP contribution in [0.2, 0.25) is 0 Å². The number of benzene rings is 2. The Kier molecular flexibility index (Phi) is 5.56. The summed E-state index contributed by atoms with van der Waals surface area (Å²) in [5, 5.41) is 3.15. The zero-order chi connectivity index (χ0) is 17.6. The highest BCUT2D eigenvalue weighted by molar-refractivity contribution is 5.75. The van der Waals surface area contributed by atoms with Gasteiger partial charge in [0.05, 0.1) is 25.8 Å². The maximum absolute atomic E-state index is 12.7. The van der Waals surface area contributed by atoms with Gasteiger partial charge in [-0.15, -0.1) is 0 Å². The summed E-state index contributed by atoms with van der Waals surface area (Å²) in [4.78, 5) is 14.5. The van der Waals surface area contributed by atoms with Crippen molar-refractivity contribution < 1.29 is 14.3 Å². The van der Waals surface area contributed by atoms with Gasteiger partial charge in [0, 0.05) is 13.7 Å². The number of nitrogens with one attached hydrogen (secondary N) is 1. The fraction of sp³-hybridized carbons (Fsp3) is 0.350. The molecule has 2 unspecified atom stereocenters. The normalized spacial score (nSPS) is 17.8. The van der Waals surface area contributed by atoms with Crippen LogP contribution in [-0.4, -0.2) is 44.3 Å². The molecule has 132 valence electrons. The number of methoxy groups -OCH3 is 1. The summed E-state index contributed by atoms with van der Waals surface area (Å²) in [7, 11) is 3.47. The summed E-state index contributed by atoms with van der Waals surface area (Å²) in [6, 6.07) is 17.6. The van der Waals surface area contributed by atoms with E-state index in [0.717, 1.165) is 23.3 Å². The van der Waals surface area contributed by atoms with Gasteiger partial charge < -0.3 is 19.7 Å². The third kappa shape index (κ3) is 4.12. The average Bonchev–Trinajstić information content (AvgIpc) is 3.21. The zero-order valence-corrected chi connectivity index (χ0v) is 14.6. The first-order valence-electron chi connectivity index (χ1n) is 8.49. The number of likely N-dealkylation sites (N-methyl/N-ethyl adjacent to an activating group) is 1. The molecule has 25 heavy (non-hydrogen) atoms. The standard InChI is InChI=1S/C20H24N2O3/c1-22(17-12-13-25-14-17)20(23)21-19(15-6-4-3-5-7-15)16-8-10-18(24-2)11-9-16/h3-11,17,19H,12-14H2,1-2H3,(H,21,23). The smallest absolute Gasteiger partial charge is 0.318 e. The monoisotopic (exact) mass is 340 g/mol. The Balaban J connectivity index is 1.82. The van der Waals surface area contributed by atoms with E-state index in [1.54, 1.807) is 12.0 Å². The van der Waals surface area contributed by atoms with Gasteiger partial charge in [0.1, 0.15) is 5.75 Å². The van der Waals surface area contributed by atoms with Gasteiger partial charge in [0.2, 0.25) is 0 Å². The molecule has 1 N–H and O–H groups in total. The Labute approximate surface area is 148 Å². The Morgan fingerprint density at radius 3 is 2.44 bits per heavy atom. The molecule has 3 rings (SSSR count). The third-order valence-corrected chi connectivity index (χ3v) is 4.62. The van der Waals surface area contributed by atoms with Crippen molar-refractivity contribution in [3.05, 3.63) is 65.7 Å². The number of carbonyl (C=O) groups is 1. The summed E-state index contributed by atoms with van der Waals surface area (Å²) in [5.41, 5.74) is 2.05. The van der Waals surface area contributed by atoms with Crippen molar-refractivity contribution in [3.8, 4) is 5.75 Å². The van der Waals surface area contributed by atoms with Crippen LogP contribution >= 0.6 is 0 Å². The van der Waals surface area contributed by atoms with Crippen LogP contribution in [0, 0.1) is 0 Å². The molecule has 0 aliphatic carbocycles. The summed E-state index contributed by atoms with van der Waals surface area (Å²) < 4.78 is 10.6. The van der Waals surface area contributed by atoms with Crippen molar-refractivity contribution in [1.82, 2.24) is 10.2 Å². The quantitative estimate of drug-likeness (QED) is 0.909. The molecule has 2 aromatic rings. The molecule has 5 heteroatoms. The maximum Gasteiger partial charge on any atom is 0.318 e. The second-order valence-corrected chi connectivity index (χ2v) is 6.19. The highest BCUT2D eigenvalue weighted by atomic mass is 16.5. The number of hydrogen-bond donors (Lipinski definition) is 1. The number of nitrogens with zero attached hydrogens (tertiary/aromatic N) is 1. The molecule has 0 radical (unpaired) electrons. The van der Waals surface area contributed by atoms with E-state index in [4.69, 9.17) is 9.47 Å². The molecule has 2 aromatic carbocycles. The molecular weight excluding hydrogens is 316 g/mol. The minimum absolute atomic E-state index is 0.0971. The van der Waals surface area contributed by atoms with E-state index >= 15 is 0 Å². The SMILES string of the molecule is COc1ccc(C(NC(=O)N(C)C2CCOC2)c2ccccc2)cc1. The lowest BCUT2D eigenvalue weighted by Gasteiger charge is -2.27. The van der Waals surface area contributed by atoms with Crippen molar-refractivity contribution in [2.24, 2.45) is 0 Å². The van der Waals surface area contributed by atoms with Gasteiger partial charge in [0.25, 0.3) is 0 Å². The highest BCUT2D eigenvalue weighted by Gasteiger charge is 2.26. The molecule has 2 atom stereocenters. The number of ether oxygens (including phenoxy) is 2. The van der Waals surface area contributed by atoms with Gasteiger partial charge in [-0.05, 0) is 29.7 Å². The first-order chi connectivity index (χ1) is 12.2. The molecule has 0 saturated carbocycles. The Hall–Kier alpha value is -2.53. The maximum atomic E-state index is 12.7. The van der Waals surface area contributed by atoms with E-state index in [1.807, 2.05) is 61.6 Å². The van der Waals surface area contributed by atoms with Crippen molar-refractivity contribution in [1.29, 1.82) is 0 Å². The van der Waals surface area contributed by atoms with Gasteiger partial charge in [-0.1, -0.05) is 42.5 Å². The first kappa shape index (κ1) is 17.3. The molecule has 1 heterocycles. The van der Waals surface area contributed by atoms with Gasteiger partial charge in [-0.25, -0.2) is 4.79 Å². The largest absolute Gasteiger partial charge is 0.497 e. The van der Waals surface area contributed by atoms with Crippen molar-refractivity contribution in [2.75, 3.05) is 27.4 Å². The molecule has 1 aliphatic heterocycles. The minimum Gasteiger partial charge on any atom is -0.497 e. The first-order valence-corrected chi connectivity index (χ1v) is 8.49. The molecule has 0 aromatic heterocycles. The van der Waals surface area contributed by atoms with E-state index in [9.17, 15) is 4.79 Å². The van der Waals surface area contributed by atoms with Crippen molar-refractivity contribution in [2.45, 2.75) is 18.5 Å². The lowest BCUT2D eigenvalue weighted by Crippen LogP contribution is -2.45. The predicted octanol–water partition coefficient (Wildman–Crippen LogP) is 3.21. The van der Waals surface area contributed by atoms with Crippen LogP contribution in [-0.2, 0) is 4.74 Å². The van der Waals surface area contributed by atoms with Gasteiger partial charge in [-0.3, -0.25) is 0 Å². The molecule has 1 saturated heterocycles. The molecule has 0 spiro atoms. The van der Waals surface area contributed by atoms with E-state index < -0.39 is 0 Å². The Morgan fingerprint density at radius 2 is 1.84 bits per heavy atom. The van der Waals surface area contributed by atoms with Crippen molar-refractivity contribution >= 4 is 6.03 Å². The number of urea groups is 1. The molecular formula is C20H24N2O3. The highest BCUT2D eigenvalue weighted by Crippen LogP contribution is 2.24. The lowest BCUT2D eigenvalue weighted by molar-refractivity contribution is 0.157. The second-order valence-electron chi connectivity index (χ2n) is 6.19. The van der Waals surface area contributed by atoms with E-state index in [1.165, 1.54) is 0 Å². The number of amides is 2. The molecule has 1 aliphatic rings. The average molecular weight is 340 g/mol. The Bertz CT molecular complexity index is 682. The van der Waals surface area contributed by atoms with Crippen LogP contribution in [0.1, 0.15) is 23.6 Å². The zero-order valence-electron chi connectivity index (χ0n) is 14.6. The van der Waals surface area contributed by atoms with Crippen LogP contribution < -0.4 is 10.1 Å². The van der Waals surface area contributed by atoms with E-state index in [0.29, 0.717) is 13.2 Å². The van der Waals surface area contributed by atoms with Gasteiger partial charge >= 0.3 is 6.03 Å². The van der Waals surface area contributed by atoms with Crippen LogP contribution in [0.5, 0.6) is 5.75 Å². The topological polar surface area (TPSA) is 50.8 Å². The van der Waals surface area contributed by atoms with Crippen LogP contribution in [0.15, 0.2) is 54.6 Å². The third-order valence-electron chi connectivity index (χ3n) is 4.62. The molecule has 2 amide bonds. The van der Waals surface area contributed by atoms with E-state index in [-0.39, 0.29) is 18.1 Å². The van der Waals surface area contributed by atoms with Gasteiger partial charge in [-0.2, -0.15) is 0 Å². The van der Waals surface area contributed by atoms with E-state index in [2.05, 4.69) is 5.32 Å². The van der Waals surface area contributed by atoms with Crippen LogP contribution in [0.25, 0.3) is 0 Å². The molecule has 5 nitrogen and oxygen atoms in total. The second kappa shape index (κ2) is 8.03. The Morgan fingerprint density at radius 1 is 1.16 bits per heavy atom. The summed E-state index contributed by atoms with van der Waals surface area (Å²) in [5.74, 6) is 0.794. The number of hydrogen-bond acceptors (Lipinski definition) is 3. The fourth-order valence-electron chi connectivity index (χ4n) is 3.02. The van der Waals surface area contributed by atoms with Crippen molar-refractivity contribution in [3.63, 3.8) is 0 Å². The molecule has 0 bridgehead atoms. The van der Waals surface area contributed by atoms with Crippen LogP contribution in [0.3, 0.4) is 0 Å².